The van der Waals surface area contributed by atoms with Crippen LogP contribution < -0.4 is 36.0 Å². The van der Waals surface area contributed by atoms with Crippen LogP contribution in [-0.2, 0) is 0 Å². The molecule has 0 spiro atoms. The monoisotopic (exact) mass is 910 g/mol. The van der Waals surface area contributed by atoms with Gasteiger partial charge in [0.15, 0.2) is 8.07 Å². The maximum atomic E-state index is 5.68. The van der Waals surface area contributed by atoms with Gasteiger partial charge in [0.25, 0.3) is 0 Å². The van der Waals surface area contributed by atoms with Crippen molar-refractivity contribution >= 4 is 98.0 Å². The lowest BCUT2D eigenvalue weighted by Gasteiger charge is -2.44. The maximum Gasteiger partial charge on any atom is 0.429 e. The average molecular weight is 911 g/mol. The number of fused-ring (bicyclic) bond motifs is 8. The van der Waals surface area contributed by atoms with Gasteiger partial charge < -0.3 is 8.96 Å². The second kappa shape index (κ2) is 16.1. The first-order valence-electron chi connectivity index (χ1n) is 24.0. The van der Waals surface area contributed by atoms with Crippen LogP contribution in [0.2, 0.25) is 0 Å². The quantitative estimate of drug-likeness (QED) is 0.113. The Balaban J connectivity index is 1.20. The molecule has 0 fully saturated rings. The van der Waals surface area contributed by atoms with Crippen LogP contribution >= 0.6 is 0 Å². The lowest BCUT2D eigenvalue weighted by molar-refractivity contribution is 1.000. The molecule has 0 bridgehead atoms. The van der Waals surface area contributed by atoms with Gasteiger partial charge in [-0.2, -0.15) is 0 Å². The Hall–Kier alpha value is -8.98. The number of imidazole rings is 2. The summed E-state index contributed by atoms with van der Waals surface area (Å²) in [5.74, 6) is 1.69. The molecule has 10 aromatic carbocycles. The largest absolute Gasteiger partial charge is 0.429 e. The molecule has 4 heterocycles. The summed E-state index contributed by atoms with van der Waals surface area (Å²) in [5.41, 5.74) is 13.9. The van der Waals surface area contributed by atoms with Crippen molar-refractivity contribution in [3.05, 3.63) is 261 Å². The summed E-state index contributed by atoms with van der Waals surface area (Å²) >= 11 is 0. The number of anilines is 6. The van der Waals surface area contributed by atoms with Crippen LogP contribution in [0, 0.1) is 0 Å². The summed E-state index contributed by atoms with van der Waals surface area (Å²) in [6.07, 6.45) is 0. The Morgan fingerprint density at radius 3 is 1.07 bits per heavy atom. The number of rotatable bonds is 8. The zero-order chi connectivity index (χ0) is 46.2. The van der Waals surface area contributed by atoms with Gasteiger partial charge in [0.1, 0.15) is 0 Å². The molecule has 8 heteroatoms. The van der Waals surface area contributed by atoms with Gasteiger partial charge >= 0.3 is 6.98 Å². The Kier molecular flexibility index (Phi) is 9.22. The predicted octanol–water partition coefficient (Wildman–Crippen LogP) is 11.5. The lowest BCUT2D eigenvalue weighted by Crippen LogP contribution is -2.75. The molecule has 0 amide bonds. The molecule has 2 aromatic heterocycles. The van der Waals surface area contributed by atoms with Crippen molar-refractivity contribution in [2.24, 2.45) is 0 Å². The Bertz CT molecular complexity index is 3630. The highest BCUT2D eigenvalue weighted by Crippen LogP contribution is 2.50. The number of hydrogen-bond acceptors (Lipinski definition) is 4. The van der Waals surface area contributed by atoms with Gasteiger partial charge in [-0.1, -0.05) is 212 Å². The van der Waals surface area contributed by atoms with Crippen molar-refractivity contribution in [2.45, 2.75) is 0 Å². The van der Waals surface area contributed by atoms with Crippen molar-refractivity contribution < 1.29 is 0 Å². The molecule has 0 saturated carbocycles. The summed E-state index contributed by atoms with van der Waals surface area (Å²) in [7, 11) is -3.18. The second-order valence-corrected chi connectivity index (χ2v) is 21.9. The molecule has 0 N–H and O–H groups in total. The van der Waals surface area contributed by atoms with Gasteiger partial charge in [-0.15, -0.1) is 0 Å². The van der Waals surface area contributed by atoms with E-state index in [9.17, 15) is 0 Å². The predicted molar refractivity (Wildman–Crippen MR) is 293 cm³/mol. The van der Waals surface area contributed by atoms with Gasteiger partial charge in [0.2, 0.25) is 11.9 Å². The number of para-hydroxylation sites is 6. The van der Waals surface area contributed by atoms with E-state index in [1.165, 1.54) is 20.7 Å². The number of hydrogen-bond donors (Lipinski definition) is 0. The van der Waals surface area contributed by atoms with E-state index in [1.54, 1.807) is 0 Å². The normalized spacial score (nSPS) is 12.8. The second-order valence-electron chi connectivity index (χ2n) is 18.1. The van der Waals surface area contributed by atoms with E-state index in [-0.39, 0.29) is 6.98 Å². The minimum Gasteiger partial charge on any atom is -0.329 e. The summed E-state index contributed by atoms with van der Waals surface area (Å²) in [6.45, 7) is -0.356. The first kappa shape index (κ1) is 40.1. The fourth-order valence-electron chi connectivity index (χ4n) is 11.5. The van der Waals surface area contributed by atoms with E-state index in [1.807, 2.05) is 0 Å². The molecule has 2 aliphatic heterocycles. The summed E-state index contributed by atoms with van der Waals surface area (Å²) in [5, 5.41) is 5.15. The molecule has 6 nitrogen and oxygen atoms in total. The SMILES string of the molecule is c1ccc(-c2ccccc2N2c3cc([Si](c4ccccc4)(c4ccccc4)c4ccccc4)cc4c3B(n3c2nc2ccccc23)n2c(nc3ccccc32)N4c2ccccc2-c2ccccc2)cc1. The highest BCUT2D eigenvalue weighted by molar-refractivity contribution is 7.20. The van der Waals surface area contributed by atoms with E-state index in [4.69, 9.17) is 9.97 Å². The van der Waals surface area contributed by atoms with Crippen LogP contribution in [0.15, 0.2) is 261 Å². The first-order valence-corrected chi connectivity index (χ1v) is 26.0. The molecule has 0 saturated heterocycles. The highest BCUT2D eigenvalue weighted by atomic mass is 28.3. The number of nitrogens with zero attached hydrogens (tertiary/aromatic N) is 6. The van der Waals surface area contributed by atoms with Crippen molar-refractivity contribution in [1.82, 2.24) is 18.9 Å². The average Bonchev–Trinajstić information content (AvgIpc) is 4.02. The van der Waals surface area contributed by atoms with Crippen molar-refractivity contribution in [3.63, 3.8) is 0 Å². The Morgan fingerprint density at radius 2 is 0.657 bits per heavy atom. The zero-order valence-electron chi connectivity index (χ0n) is 38.1. The van der Waals surface area contributed by atoms with Gasteiger partial charge in [-0.25, -0.2) is 9.97 Å². The van der Waals surface area contributed by atoms with E-state index >= 15 is 0 Å². The van der Waals surface area contributed by atoms with E-state index in [2.05, 4.69) is 280 Å². The van der Waals surface area contributed by atoms with E-state index < -0.39 is 8.07 Å². The zero-order valence-corrected chi connectivity index (χ0v) is 39.1. The molecule has 0 aliphatic carbocycles. The van der Waals surface area contributed by atoms with Gasteiger partial charge in [-0.05, 0) is 80.4 Å². The molecule has 70 heavy (non-hydrogen) atoms. The highest BCUT2D eigenvalue weighted by Gasteiger charge is 2.50. The molecule has 12 aromatic rings. The summed E-state index contributed by atoms with van der Waals surface area (Å²) in [4.78, 5) is 16.3. The smallest absolute Gasteiger partial charge is 0.329 e. The minimum atomic E-state index is -3.18. The van der Waals surface area contributed by atoms with Crippen molar-refractivity contribution in [3.8, 4) is 22.3 Å². The standard InChI is InChI=1S/C62H43BN6Si/c1-6-24-44(25-7-1)50-34-16-20-38-54(50)66-58-42-49(70(46-28-10-3-11-29-46,47-30-12-4-13-31-47)48-32-14-5-15-33-48)43-59-60(58)63(68-56-40-22-18-36-52(56)64-61(66)68)69-57-41-23-19-37-53(57)65-62(69)67(59)55-39-21-17-35-51(55)45-26-8-2-9-27-45/h1-43H. The number of benzene rings is 10. The summed E-state index contributed by atoms with van der Waals surface area (Å²) < 4.78 is 4.94. The summed E-state index contributed by atoms with van der Waals surface area (Å²) in [6, 6.07) is 95.3. The fraction of sp³-hybridized carbons (Fsp3) is 0. The topological polar surface area (TPSA) is 42.1 Å². The Morgan fingerprint density at radius 1 is 0.314 bits per heavy atom. The van der Waals surface area contributed by atoms with Crippen LogP contribution in [0.25, 0.3) is 44.3 Å². The van der Waals surface area contributed by atoms with E-state index in [0.29, 0.717) is 0 Å². The molecule has 0 atom stereocenters. The third kappa shape index (κ3) is 5.93. The maximum absolute atomic E-state index is 5.68. The molecule has 328 valence electrons. The van der Waals surface area contributed by atoms with Crippen LogP contribution in [0.3, 0.4) is 0 Å². The van der Waals surface area contributed by atoms with Crippen LogP contribution in [0.5, 0.6) is 0 Å². The lowest BCUT2D eigenvalue weighted by atomic mass is 9.62. The fourth-order valence-corrected chi connectivity index (χ4v) is 16.3. The number of aromatic nitrogens is 4. The van der Waals surface area contributed by atoms with Gasteiger partial charge in [0.05, 0.1) is 33.4 Å². The molecule has 0 radical (unpaired) electrons. The van der Waals surface area contributed by atoms with Gasteiger partial charge in [0, 0.05) is 28.0 Å². The molecule has 2 aliphatic rings. The van der Waals surface area contributed by atoms with Crippen LogP contribution in [-0.4, -0.2) is 34.0 Å². The first-order chi connectivity index (χ1) is 34.8. The molecular weight excluding hydrogens is 868 g/mol. The third-order valence-electron chi connectivity index (χ3n) is 14.4. The Labute approximate surface area is 407 Å². The van der Waals surface area contributed by atoms with Crippen LogP contribution in [0.4, 0.5) is 34.6 Å². The molecule has 0 unspecified atom stereocenters. The van der Waals surface area contributed by atoms with Crippen molar-refractivity contribution in [2.75, 3.05) is 9.80 Å². The van der Waals surface area contributed by atoms with E-state index in [0.717, 1.165) is 84.4 Å². The van der Waals surface area contributed by atoms with Crippen molar-refractivity contribution in [1.29, 1.82) is 0 Å². The van der Waals surface area contributed by atoms with Gasteiger partial charge in [-0.3, -0.25) is 9.80 Å². The molecular formula is C62H43BN6Si. The minimum absolute atomic E-state index is 0.356. The molecule has 14 rings (SSSR count). The third-order valence-corrected chi connectivity index (χ3v) is 19.2. The van der Waals surface area contributed by atoms with Crippen LogP contribution in [0.1, 0.15) is 0 Å².